The Balaban J connectivity index is 0.000000217. The van der Waals surface area contributed by atoms with E-state index in [1.54, 1.807) is 36.4 Å². The molecule has 0 spiro atoms. The second-order valence-corrected chi connectivity index (χ2v) is 12.7. The molecule has 7 rings (SSSR count). The van der Waals surface area contributed by atoms with Gasteiger partial charge in [0.2, 0.25) is 0 Å². The molecule has 266 valence electrons. The minimum Gasteiger partial charge on any atom is -0.508 e. The largest absolute Gasteiger partial charge is 0.508 e. The van der Waals surface area contributed by atoms with Gasteiger partial charge in [0, 0.05) is 47.8 Å². The molecule has 0 aromatic heterocycles. The second kappa shape index (κ2) is 15.8. The van der Waals surface area contributed by atoms with Gasteiger partial charge in [0.05, 0.1) is 12.2 Å². The molecule has 0 amide bonds. The third-order valence-electron chi connectivity index (χ3n) is 9.05. The van der Waals surface area contributed by atoms with Crippen molar-refractivity contribution in [2.75, 3.05) is 32.9 Å². The zero-order chi connectivity index (χ0) is 36.8. The molecule has 0 radical (unpaired) electrons. The van der Waals surface area contributed by atoms with E-state index in [9.17, 15) is 24.2 Å². The number of nitrogens with zero attached hydrogens (tertiary/aromatic N) is 1. The van der Waals surface area contributed by atoms with Crippen LogP contribution in [0.5, 0.6) is 28.7 Å². The summed E-state index contributed by atoms with van der Waals surface area (Å²) in [4.78, 5) is 25.1. The van der Waals surface area contributed by atoms with Crippen molar-refractivity contribution in [3.05, 3.63) is 149 Å². The van der Waals surface area contributed by atoms with Crippen LogP contribution in [0.2, 0.25) is 0 Å². The molecule has 2 heterocycles. The molecule has 0 saturated carbocycles. The molecule has 9 nitrogen and oxygen atoms in total. The zero-order valence-electron chi connectivity index (χ0n) is 28.4. The number of ether oxygens (including phenoxy) is 2. The van der Waals surface area contributed by atoms with Crippen LogP contribution in [0.25, 0.3) is 11.1 Å². The Hall–Kier alpha value is -6.13. The lowest BCUT2D eigenvalue weighted by molar-refractivity contribution is 0.0668. The van der Waals surface area contributed by atoms with Gasteiger partial charge in [-0.15, -0.1) is 0 Å². The van der Waals surface area contributed by atoms with E-state index in [1.165, 1.54) is 42.5 Å². The highest BCUT2D eigenvalue weighted by molar-refractivity contribution is 6.10. The molecule has 2 aliphatic heterocycles. The standard InChI is InChI=1S/C28H28FNO4.C14H10O4/c1-18-25-14-23(32)7-10-26(25)34-28(27(18)21-3-2-4-22(31)13-21)20-5-8-24(9-6-20)33-12-11-30-16-19(15-29)17-30;15-12-6-4-9(5-7-12)13(16)10-2-1-3-11(8-10)14(17)18/h2-10,13-14,19,28,31-32H,11-12,15-17H2,1H3;1-8,15H,(H,17,18)/t28-;/m0./s1. The Kier molecular flexibility index (Phi) is 10.9. The topological polar surface area (TPSA) is 137 Å². The smallest absolute Gasteiger partial charge is 0.335 e. The van der Waals surface area contributed by atoms with Gasteiger partial charge in [-0.2, -0.15) is 0 Å². The van der Waals surface area contributed by atoms with Crippen LogP contribution in [0.1, 0.15) is 56.0 Å². The van der Waals surface area contributed by atoms with E-state index in [2.05, 4.69) is 4.90 Å². The number of hydrogen-bond acceptors (Lipinski definition) is 8. The Morgan fingerprint density at radius 3 is 2.15 bits per heavy atom. The highest BCUT2D eigenvalue weighted by Gasteiger charge is 2.30. The van der Waals surface area contributed by atoms with Crippen LogP contribution in [0.15, 0.2) is 115 Å². The van der Waals surface area contributed by atoms with Gasteiger partial charge in [-0.25, -0.2) is 4.79 Å². The quantitative estimate of drug-likeness (QED) is 0.108. The third kappa shape index (κ3) is 8.25. The predicted octanol–water partition coefficient (Wildman–Crippen LogP) is 7.76. The maximum absolute atomic E-state index is 12.6. The molecule has 52 heavy (non-hydrogen) atoms. The van der Waals surface area contributed by atoms with Crippen LogP contribution in [0.4, 0.5) is 4.39 Å². The van der Waals surface area contributed by atoms with Crippen LogP contribution in [-0.2, 0) is 0 Å². The monoisotopic (exact) mass is 703 g/mol. The van der Waals surface area contributed by atoms with E-state index in [-0.39, 0.29) is 47.3 Å². The summed E-state index contributed by atoms with van der Waals surface area (Å²) in [6.07, 6.45) is -0.383. The highest BCUT2D eigenvalue weighted by Crippen LogP contribution is 2.47. The number of halogens is 1. The molecule has 4 N–H and O–H groups in total. The first-order valence-corrected chi connectivity index (χ1v) is 16.8. The molecule has 2 aliphatic rings. The van der Waals surface area contributed by atoms with Gasteiger partial charge in [-0.05, 0) is 102 Å². The Labute approximate surface area is 300 Å². The lowest BCUT2D eigenvalue weighted by atomic mass is 9.86. The SMILES string of the molecule is CC1=C(c2cccc(O)c2)[C@H](c2ccc(OCCN3CC(CF)C3)cc2)Oc2ccc(O)cc21.O=C(O)c1cccc(C(=O)c2ccc(O)cc2)c1. The first-order chi connectivity index (χ1) is 25.1. The average molecular weight is 704 g/mol. The first kappa shape index (κ1) is 35.7. The summed E-state index contributed by atoms with van der Waals surface area (Å²) in [6, 6.07) is 31.7. The molecule has 0 unspecified atom stereocenters. The van der Waals surface area contributed by atoms with Crippen molar-refractivity contribution in [3.63, 3.8) is 0 Å². The fraction of sp³-hybridized carbons (Fsp3) is 0.190. The van der Waals surface area contributed by atoms with Crippen molar-refractivity contribution >= 4 is 22.9 Å². The highest BCUT2D eigenvalue weighted by atomic mass is 19.1. The van der Waals surface area contributed by atoms with Gasteiger partial charge in [0.15, 0.2) is 5.78 Å². The lowest BCUT2D eigenvalue weighted by Crippen LogP contribution is -2.49. The number of carboxylic acid groups (broad SMARTS) is 1. The number of rotatable bonds is 10. The molecule has 0 aliphatic carbocycles. The fourth-order valence-corrected chi connectivity index (χ4v) is 6.28. The van der Waals surface area contributed by atoms with Gasteiger partial charge in [-0.1, -0.05) is 36.4 Å². The number of aromatic carboxylic acids is 1. The first-order valence-electron chi connectivity index (χ1n) is 16.8. The number of benzene rings is 5. The molecule has 1 fully saturated rings. The second-order valence-electron chi connectivity index (χ2n) is 12.7. The molecule has 5 aromatic carbocycles. The number of fused-ring (bicyclic) bond motifs is 1. The summed E-state index contributed by atoms with van der Waals surface area (Å²) in [5.74, 6) is 0.732. The molecular formula is C42H38FNO8. The van der Waals surface area contributed by atoms with Crippen molar-refractivity contribution in [1.82, 2.24) is 4.90 Å². The van der Waals surface area contributed by atoms with Crippen LogP contribution < -0.4 is 9.47 Å². The van der Waals surface area contributed by atoms with Crippen molar-refractivity contribution in [2.24, 2.45) is 5.92 Å². The van der Waals surface area contributed by atoms with Gasteiger partial charge >= 0.3 is 5.97 Å². The van der Waals surface area contributed by atoms with E-state index < -0.39 is 5.97 Å². The van der Waals surface area contributed by atoms with Crippen LogP contribution in [-0.4, -0.2) is 70.0 Å². The van der Waals surface area contributed by atoms with Crippen LogP contribution in [0, 0.1) is 5.92 Å². The van der Waals surface area contributed by atoms with Crippen LogP contribution in [0.3, 0.4) is 0 Å². The predicted molar refractivity (Wildman–Crippen MR) is 195 cm³/mol. The average Bonchev–Trinajstić information content (AvgIpc) is 3.13. The van der Waals surface area contributed by atoms with Crippen LogP contribution >= 0.6 is 0 Å². The minimum atomic E-state index is -1.07. The Bertz CT molecular complexity index is 2090. The number of likely N-dealkylation sites (tertiary alicyclic amines) is 1. The number of phenolic OH excluding ortho intramolecular Hbond substituents is 3. The summed E-state index contributed by atoms with van der Waals surface area (Å²) in [5.41, 5.74) is 5.33. The number of aromatic hydroxyl groups is 3. The fourth-order valence-electron chi connectivity index (χ4n) is 6.28. The summed E-state index contributed by atoms with van der Waals surface area (Å²) < 4.78 is 24.9. The molecule has 1 atom stereocenters. The van der Waals surface area contributed by atoms with E-state index in [4.69, 9.17) is 19.7 Å². The number of ketones is 1. The normalized spacial score (nSPS) is 15.4. The lowest BCUT2D eigenvalue weighted by Gasteiger charge is -2.37. The maximum atomic E-state index is 12.6. The van der Waals surface area contributed by atoms with Gasteiger partial charge in [-0.3, -0.25) is 14.1 Å². The number of carboxylic acids is 1. The summed E-state index contributed by atoms with van der Waals surface area (Å²) >= 11 is 0. The minimum absolute atomic E-state index is 0.0691. The van der Waals surface area contributed by atoms with Crippen molar-refractivity contribution in [3.8, 4) is 28.7 Å². The Morgan fingerprint density at radius 1 is 0.788 bits per heavy atom. The van der Waals surface area contributed by atoms with E-state index in [0.717, 1.165) is 53.2 Å². The zero-order valence-corrected chi connectivity index (χ0v) is 28.4. The summed E-state index contributed by atoms with van der Waals surface area (Å²) in [7, 11) is 0. The van der Waals surface area contributed by atoms with Gasteiger partial charge < -0.3 is 29.9 Å². The number of carbonyl (C=O) groups excluding carboxylic acids is 1. The van der Waals surface area contributed by atoms with Crippen molar-refractivity contribution in [1.29, 1.82) is 0 Å². The summed E-state index contributed by atoms with van der Waals surface area (Å²) in [6.45, 7) is 4.72. The molecule has 0 bridgehead atoms. The van der Waals surface area contributed by atoms with E-state index >= 15 is 0 Å². The molecule has 1 saturated heterocycles. The number of alkyl halides is 1. The van der Waals surface area contributed by atoms with Gasteiger partial charge in [0.1, 0.15) is 41.5 Å². The number of carbonyl (C=O) groups is 2. The Morgan fingerprint density at radius 2 is 1.46 bits per heavy atom. The number of phenols is 3. The maximum Gasteiger partial charge on any atom is 0.335 e. The number of hydrogen-bond donors (Lipinski definition) is 4. The van der Waals surface area contributed by atoms with E-state index in [1.807, 2.05) is 43.3 Å². The molecule has 5 aromatic rings. The van der Waals surface area contributed by atoms with Crippen molar-refractivity contribution < 1.29 is 43.9 Å². The summed E-state index contributed by atoms with van der Waals surface area (Å²) in [5, 5.41) is 38.1. The molecule has 10 heteroatoms. The third-order valence-corrected chi connectivity index (χ3v) is 9.05. The number of allylic oxidation sites excluding steroid dienone is 1. The molecular weight excluding hydrogens is 665 g/mol. The van der Waals surface area contributed by atoms with Gasteiger partial charge in [0.25, 0.3) is 0 Å². The van der Waals surface area contributed by atoms with Crippen molar-refractivity contribution in [2.45, 2.75) is 13.0 Å². The van der Waals surface area contributed by atoms with E-state index in [0.29, 0.717) is 23.5 Å².